The summed E-state index contributed by atoms with van der Waals surface area (Å²) in [6.45, 7) is 6.61. The average Bonchev–Trinajstić information content (AvgIpc) is 3.23. The molecular weight excluding hydrogens is 442 g/mol. The van der Waals surface area contributed by atoms with Crippen LogP contribution in [0.2, 0.25) is 0 Å². The molecule has 2 aromatic heterocycles. The van der Waals surface area contributed by atoms with Crippen LogP contribution in [0.1, 0.15) is 5.69 Å². The number of aryl methyl sites for hydroxylation is 1. The number of pyridine rings is 1. The molecule has 1 N–H and O–H groups in total. The zero-order valence-corrected chi connectivity index (χ0v) is 20.0. The lowest BCUT2D eigenvalue weighted by atomic mass is 10.3. The zero-order chi connectivity index (χ0) is 23.2. The number of hydrogen-bond donors (Lipinski definition) is 1. The molecule has 0 saturated carbocycles. The number of hydrogen-bond acceptors (Lipinski definition) is 9. The lowest BCUT2D eigenvalue weighted by molar-refractivity contribution is -0.117. The van der Waals surface area contributed by atoms with Gasteiger partial charge in [-0.1, -0.05) is 23.9 Å². The number of benzene rings is 1. The first-order valence-corrected chi connectivity index (χ1v) is 11.9. The summed E-state index contributed by atoms with van der Waals surface area (Å²) >= 11 is 1.63. The molecular formula is C23H29N5O4S. The molecule has 1 saturated heterocycles. The number of methoxy groups -OCH3 is 2. The van der Waals surface area contributed by atoms with E-state index >= 15 is 0 Å². The van der Waals surface area contributed by atoms with Crippen molar-refractivity contribution in [1.82, 2.24) is 19.8 Å². The maximum atomic E-state index is 12.7. The van der Waals surface area contributed by atoms with Crippen LogP contribution in [0.25, 0.3) is 11.1 Å². The molecule has 0 spiro atoms. The number of para-hydroxylation sites is 2. The molecule has 1 aliphatic heterocycles. The summed E-state index contributed by atoms with van der Waals surface area (Å²) in [6.07, 6.45) is 0. The van der Waals surface area contributed by atoms with Gasteiger partial charge in [0.1, 0.15) is 17.0 Å². The molecule has 0 unspecified atom stereocenters. The molecule has 33 heavy (non-hydrogen) atoms. The summed E-state index contributed by atoms with van der Waals surface area (Å²) < 4.78 is 16.5. The summed E-state index contributed by atoms with van der Waals surface area (Å²) in [7, 11) is 3.09. The smallest absolute Gasteiger partial charge is 0.256 e. The SMILES string of the molecule is COc1cc(C)nc(OC)c1NC(=O)CN1CCN(CCSc2nc3ccccc3o2)CC1. The number of ether oxygens (including phenoxy) is 2. The van der Waals surface area contributed by atoms with E-state index in [0.29, 0.717) is 29.1 Å². The summed E-state index contributed by atoms with van der Waals surface area (Å²) in [5.74, 6) is 1.68. The lowest BCUT2D eigenvalue weighted by Crippen LogP contribution is -2.49. The third-order valence-electron chi connectivity index (χ3n) is 5.50. The minimum absolute atomic E-state index is 0.114. The second-order valence-electron chi connectivity index (χ2n) is 7.81. The van der Waals surface area contributed by atoms with Gasteiger partial charge in [-0.05, 0) is 19.1 Å². The summed E-state index contributed by atoms with van der Waals surface area (Å²) in [5.41, 5.74) is 2.93. The number of oxazole rings is 1. The number of anilines is 1. The number of aromatic nitrogens is 2. The molecule has 0 atom stereocenters. The van der Waals surface area contributed by atoms with E-state index in [0.717, 1.165) is 55.3 Å². The largest absolute Gasteiger partial charge is 0.494 e. The number of piperazine rings is 1. The number of nitrogens with one attached hydrogen (secondary N) is 1. The van der Waals surface area contributed by atoms with Crippen molar-refractivity contribution in [3.8, 4) is 11.6 Å². The van der Waals surface area contributed by atoms with Crippen LogP contribution in [0.4, 0.5) is 5.69 Å². The van der Waals surface area contributed by atoms with Crippen LogP contribution in [0.5, 0.6) is 11.6 Å². The number of rotatable bonds is 9. The zero-order valence-electron chi connectivity index (χ0n) is 19.2. The maximum absolute atomic E-state index is 12.7. The predicted molar refractivity (Wildman–Crippen MR) is 128 cm³/mol. The fourth-order valence-corrected chi connectivity index (χ4v) is 4.60. The van der Waals surface area contributed by atoms with Crippen LogP contribution in [0.3, 0.4) is 0 Å². The molecule has 9 nitrogen and oxygen atoms in total. The minimum Gasteiger partial charge on any atom is -0.494 e. The predicted octanol–water partition coefficient (Wildman–Crippen LogP) is 2.90. The van der Waals surface area contributed by atoms with Crippen LogP contribution in [-0.4, -0.2) is 84.9 Å². The Bertz CT molecular complexity index is 1040. The first-order chi connectivity index (χ1) is 16.1. The van der Waals surface area contributed by atoms with Crippen molar-refractivity contribution in [3.63, 3.8) is 0 Å². The number of fused-ring (bicyclic) bond motifs is 1. The van der Waals surface area contributed by atoms with Crippen LogP contribution in [0.15, 0.2) is 40.0 Å². The second-order valence-corrected chi connectivity index (χ2v) is 8.86. The molecule has 0 radical (unpaired) electrons. The molecule has 3 heterocycles. The molecule has 1 aromatic carbocycles. The molecule has 10 heteroatoms. The van der Waals surface area contributed by atoms with E-state index in [4.69, 9.17) is 13.9 Å². The molecule has 1 amide bonds. The molecule has 0 aliphatic carbocycles. The van der Waals surface area contributed by atoms with E-state index in [-0.39, 0.29) is 5.91 Å². The Kier molecular flexibility index (Phi) is 7.69. The number of nitrogens with zero attached hydrogens (tertiary/aromatic N) is 4. The van der Waals surface area contributed by atoms with Gasteiger partial charge in [-0.15, -0.1) is 0 Å². The molecule has 176 valence electrons. The molecule has 3 aromatic rings. The van der Waals surface area contributed by atoms with Crippen molar-refractivity contribution in [1.29, 1.82) is 0 Å². The van der Waals surface area contributed by atoms with Gasteiger partial charge in [-0.3, -0.25) is 14.6 Å². The van der Waals surface area contributed by atoms with Crippen LogP contribution >= 0.6 is 11.8 Å². The standard InChI is InChI=1S/C23H29N5O4S/c1-16-14-19(30-2)21(22(24-16)31-3)26-20(29)15-28-10-8-27(9-11-28)12-13-33-23-25-17-6-4-5-7-18(17)32-23/h4-7,14H,8-13,15H2,1-3H3,(H,26,29). The van der Waals surface area contributed by atoms with E-state index in [2.05, 4.69) is 25.1 Å². The van der Waals surface area contributed by atoms with E-state index in [1.54, 1.807) is 24.9 Å². The summed E-state index contributed by atoms with van der Waals surface area (Å²) in [5, 5.41) is 3.61. The monoisotopic (exact) mass is 471 g/mol. The number of carbonyl (C=O) groups is 1. The molecule has 1 fully saturated rings. The van der Waals surface area contributed by atoms with Gasteiger partial charge in [0.15, 0.2) is 5.58 Å². The van der Waals surface area contributed by atoms with E-state index < -0.39 is 0 Å². The molecule has 0 bridgehead atoms. The number of carbonyl (C=O) groups excluding carboxylic acids is 1. The van der Waals surface area contributed by atoms with Crippen molar-refractivity contribution in [3.05, 3.63) is 36.0 Å². The van der Waals surface area contributed by atoms with Gasteiger partial charge < -0.3 is 19.2 Å². The summed E-state index contributed by atoms with van der Waals surface area (Å²) in [4.78, 5) is 26.0. The third-order valence-corrected chi connectivity index (χ3v) is 6.30. The Morgan fingerprint density at radius 3 is 2.61 bits per heavy atom. The lowest BCUT2D eigenvalue weighted by Gasteiger charge is -2.34. The van der Waals surface area contributed by atoms with Crippen molar-refractivity contribution in [2.24, 2.45) is 0 Å². The fraction of sp³-hybridized carbons (Fsp3) is 0.435. The number of thioether (sulfide) groups is 1. The first-order valence-electron chi connectivity index (χ1n) is 10.9. The Labute approximate surface area is 197 Å². The van der Waals surface area contributed by atoms with Gasteiger partial charge in [-0.25, -0.2) is 9.97 Å². The Morgan fingerprint density at radius 2 is 1.88 bits per heavy atom. The van der Waals surface area contributed by atoms with Gasteiger partial charge in [0.05, 0.1) is 20.8 Å². The van der Waals surface area contributed by atoms with Crippen LogP contribution in [-0.2, 0) is 4.79 Å². The Balaban J connectivity index is 1.21. The summed E-state index contributed by atoms with van der Waals surface area (Å²) in [6, 6.07) is 9.58. The molecule has 4 rings (SSSR count). The van der Waals surface area contributed by atoms with E-state index in [9.17, 15) is 4.79 Å². The second kappa shape index (κ2) is 10.9. The highest BCUT2D eigenvalue weighted by Crippen LogP contribution is 2.33. The Morgan fingerprint density at radius 1 is 1.12 bits per heavy atom. The number of amides is 1. The van der Waals surface area contributed by atoms with Crippen LogP contribution in [0, 0.1) is 6.92 Å². The fourth-order valence-electron chi connectivity index (χ4n) is 3.77. The highest BCUT2D eigenvalue weighted by molar-refractivity contribution is 7.99. The normalized spacial score (nSPS) is 15.0. The van der Waals surface area contributed by atoms with Gasteiger partial charge in [0.25, 0.3) is 5.22 Å². The van der Waals surface area contributed by atoms with Crippen molar-refractivity contribution in [2.45, 2.75) is 12.1 Å². The van der Waals surface area contributed by atoms with Gasteiger partial charge in [-0.2, -0.15) is 0 Å². The average molecular weight is 472 g/mol. The highest BCUT2D eigenvalue weighted by Gasteiger charge is 2.21. The van der Waals surface area contributed by atoms with Gasteiger partial charge in [0, 0.05) is 50.2 Å². The molecule has 1 aliphatic rings. The first kappa shape index (κ1) is 23.3. The van der Waals surface area contributed by atoms with Crippen molar-refractivity contribution in [2.75, 3.05) is 64.6 Å². The van der Waals surface area contributed by atoms with E-state index in [1.165, 1.54) is 7.11 Å². The van der Waals surface area contributed by atoms with E-state index in [1.807, 2.05) is 31.2 Å². The Hall–Kier alpha value is -2.82. The van der Waals surface area contributed by atoms with Crippen molar-refractivity contribution < 1.29 is 18.7 Å². The van der Waals surface area contributed by atoms with Gasteiger partial charge in [0.2, 0.25) is 11.8 Å². The quantitative estimate of drug-likeness (QED) is 0.473. The third kappa shape index (κ3) is 5.95. The minimum atomic E-state index is -0.114. The topological polar surface area (TPSA) is 93.0 Å². The highest BCUT2D eigenvalue weighted by atomic mass is 32.2. The van der Waals surface area contributed by atoms with Crippen molar-refractivity contribution >= 4 is 34.5 Å². The van der Waals surface area contributed by atoms with Gasteiger partial charge >= 0.3 is 0 Å². The maximum Gasteiger partial charge on any atom is 0.256 e. The van der Waals surface area contributed by atoms with Crippen LogP contribution < -0.4 is 14.8 Å².